The molecule has 0 aliphatic heterocycles. The van der Waals surface area contributed by atoms with E-state index in [1.165, 1.54) is 6.33 Å². The number of para-hydroxylation sites is 1. The van der Waals surface area contributed by atoms with Gasteiger partial charge in [-0.2, -0.15) is 5.10 Å². The van der Waals surface area contributed by atoms with Crippen LogP contribution in [0.3, 0.4) is 0 Å². The Morgan fingerprint density at radius 2 is 2.09 bits per heavy atom. The van der Waals surface area contributed by atoms with Crippen LogP contribution in [0.2, 0.25) is 0 Å². The maximum absolute atomic E-state index is 5.85. The number of nitrogens with zero attached hydrogens (tertiary/aromatic N) is 5. The Morgan fingerprint density at radius 1 is 1.26 bits per heavy atom. The van der Waals surface area contributed by atoms with Gasteiger partial charge in [0.15, 0.2) is 11.6 Å². The molecule has 2 heterocycles. The SMILES string of the molecule is Cn1ncc2c(NCCN=C(N)Nc3ccccc3)ncnc21. The minimum Gasteiger partial charge on any atom is -0.370 e. The Kier molecular flexibility index (Phi) is 4.32. The van der Waals surface area contributed by atoms with Gasteiger partial charge in [0, 0.05) is 19.3 Å². The Hall–Kier alpha value is -3.16. The molecule has 8 heteroatoms. The summed E-state index contributed by atoms with van der Waals surface area (Å²) in [4.78, 5) is 12.7. The topological polar surface area (TPSA) is 106 Å². The van der Waals surface area contributed by atoms with E-state index in [9.17, 15) is 0 Å². The summed E-state index contributed by atoms with van der Waals surface area (Å²) in [6.45, 7) is 1.13. The normalized spacial score (nSPS) is 11.6. The Morgan fingerprint density at radius 3 is 2.91 bits per heavy atom. The number of anilines is 2. The van der Waals surface area contributed by atoms with Crippen LogP contribution in [0.5, 0.6) is 0 Å². The van der Waals surface area contributed by atoms with Gasteiger partial charge in [-0.15, -0.1) is 0 Å². The summed E-state index contributed by atoms with van der Waals surface area (Å²) in [7, 11) is 1.85. The van der Waals surface area contributed by atoms with Crippen LogP contribution in [0.15, 0.2) is 47.8 Å². The molecular formula is C15H18N8. The first-order valence-corrected chi connectivity index (χ1v) is 7.22. The molecule has 0 unspecified atom stereocenters. The predicted molar refractivity (Wildman–Crippen MR) is 91.3 cm³/mol. The summed E-state index contributed by atoms with van der Waals surface area (Å²) in [6, 6.07) is 9.68. The number of aromatic nitrogens is 4. The first-order valence-electron chi connectivity index (χ1n) is 7.22. The van der Waals surface area contributed by atoms with Crippen molar-refractivity contribution >= 4 is 28.5 Å². The average Bonchev–Trinajstić information content (AvgIpc) is 2.95. The fourth-order valence-electron chi connectivity index (χ4n) is 2.16. The van der Waals surface area contributed by atoms with Gasteiger partial charge in [-0.1, -0.05) is 18.2 Å². The highest BCUT2D eigenvalue weighted by Gasteiger charge is 2.06. The number of aliphatic imine (C=N–C) groups is 1. The zero-order chi connectivity index (χ0) is 16.1. The summed E-state index contributed by atoms with van der Waals surface area (Å²) < 4.78 is 1.71. The highest BCUT2D eigenvalue weighted by Crippen LogP contribution is 2.17. The van der Waals surface area contributed by atoms with Crippen molar-refractivity contribution in [3.63, 3.8) is 0 Å². The first kappa shape index (κ1) is 14.8. The van der Waals surface area contributed by atoms with Gasteiger partial charge < -0.3 is 16.4 Å². The van der Waals surface area contributed by atoms with Gasteiger partial charge >= 0.3 is 0 Å². The van der Waals surface area contributed by atoms with Crippen LogP contribution in [0.4, 0.5) is 11.5 Å². The molecule has 0 fully saturated rings. The average molecular weight is 310 g/mol. The van der Waals surface area contributed by atoms with Crippen molar-refractivity contribution in [2.45, 2.75) is 0 Å². The van der Waals surface area contributed by atoms with Crippen molar-refractivity contribution < 1.29 is 0 Å². The monoisotopic (exact) mass is 310 g/mol. The van der Waals surface area contributed by atoms with Gasteiger partial charge in [-0.3, -0.25) is 9.67 Å². The largest absolute Gasteiger partial charge is 0.370 e. The van der Waals surface area contributed by atoms with Crippen LogP contribution in [0, 0.1) is 0 Å². The van der Waals surface area contributed by atoms with Crippen molar-refractivity contribution in [1.29, 1.82) is 0 Å². The molecule has 3 aromatic rings. The van der Waals surface area contributed by atoms with E-state index in [0.717, 1.165) is 22.5 Å². The molecule has 3 rings (SSSR count). The minimum atomic E-state index is 0.382. The molecule has 0 aliphatic rings. The zero-order valence-corrected chi connectivity index (χ0v) is 12.8. The molecule has 0 saturated carbocycles. The van der Waals surface area contributed by atoms with E-state index in [-0.39, 0.29) is 0 Å². The predicted octanol–water partition coefficient (Wildman–Crippen LogP) is 1.20. The van der Waals surface area contributed by atoms with Crippen LogP contribution in [-0.2, 0) is 7.05 Å². The quantitative estimate of drug-likeness (QED) is 0.371. The molecule has 0 atom stereocenters. The highest BCUT2D eigenvalue weighted by molar-refractivity contribution is 5.92. The maximum atomic E-state index is 5.85. The van der Waals surface area contributed by atoms with Crippen molar-refractivity contribution in [3.05, 3.63) is 42.9 Å². The van der Waals surface area contributed by atoms with Gasteiger partial charge in [0.25, 0.3) is 0 Å². The Bertz CT molecular complexity index is 809. The lowest BCUT2D eigenvalue weighted by Crippen LogP contribution is -2.23. The molecule has 0 aliphatic carbocycles. The Balaban J connectivity index is 1.55. The van der Waals surface area contributed by atoms with E-state index < -0.39 is 0 Å². The number of nitrogens with one attached hydrogen (secondary N) is 2. The third kappa shape index (κ3) is 3.54. The van der Waals surface area contributed by atoms with Crippen molar-refractivity contribution in [3.8, 4) is 0 Å². The summed E-state index contributed by atoms with van der Waals surface area (Å²) >= 11 is 0. The zero-order valence-electron chi connectivity index (χ0n) is 12.8. The van der Waals surface area contributed by atoms with Crippen molar-refractivity contribution in [2.75, 3.05) is 23.7 Å². The van der Waals surface area contributed by atoms with E-state index in [4.69, 9.17) is 5.73 Å². The molecule has 118 valence electrons. The molecule has 2 aromatic heterocycles. The van der Waals surface area contributed by atoms with E-state index >= 15 is 0 Å². The molecule has 4 N–H and O–H groups in total. The molecular weight excluding hydrogens is 292 g/mol. The van der Waals surface area contributed by atoms with Gasteiger partial charge in [0.2, 0.25) is 0 Å². The summed E-state index contributed by atoms with van der Waals surface area (Å²) in [5.74, 6) is 1.13. The number of fused-ring (bicyclic) bond motifs is 1. The summed E-state index contributed by atoms with van der Waals surface area (Å²) in [6.07, 6.45) is 3.26. The molecule has 0 saturated heterocycles. The van der Waals surface area contributed by atoms with Crippen LogP contribution in [-0.4, -0.2) is 38.8 Å². The summed E-state index contributed by atoms with van der Waals surface area (Å²) in [5.41, 5.74) is 7.55. The Labute approximate surface area is 133 Å². The maximum Gasteiger partial charge on any atom is 0.193 e. The molecule has 8 nitrogen and oxygen atoms in total. The standard InChI is InChI=1S/C15H18N8/c1-23-14-12(9-21-23)13(19-10-20-14)17-7-8-18-15(16)22-11-5-3-2-4-6-11/h2-6,9-10H,7-8H2,1H3,(H3,16,18,22)(H,17,19,20). The number of hydrogen-bond acceptors (Lipinski definition) is 5. The lowest BCUT2D eigenvalue weighted by molar-refractivity contribution is 0.785. The number of rotatable bonds is 5. The van der Waals surface area contributed by atoms with E-state index in [1.807, 2.05) is 37.4 Å². The van der Waals surface area contributed by atoms with E-state index in [1.54, 1.807) is 10.9 Å². The number of aryl methyl sites for hydroxylation is 1. The van der Waals surface area contributed by atoms with Crippen LogP contribution < -0.4 is 16.4 Å². The second-order valence-electron chi connectivity index (χ2n) is 4.91. The van der Waals surface area contributed by atoms with Gasteiger partial charge in [-0.05, 0) is 12.1 Å². The molecule has 0 spiro atoms. The number of benzene rings is 1. The van der Waals surface area contributed by atoms with Crippen LogP contribution in [0.25, 0.3) is 11.0 Å². The second kappa shape index (κ2) is 6.73. The van der Waals surface area contributed by atoms with Crippen LogP contribution in [0.1, 0.15) is 0 Å². The number of hydrogen-bond donors (Lipinski definition) is 3. The first-order chi connectivity index (χ1) is 11.2. The third-order valence-corrected chi connectivity index (χ3v) is 3.26. The van der Waals surface area contributed by atoms with Crippen LogP contribution >= 0.6 is 0 Å². The number of guanidine groups is 1. The van der Waals surface area contributed by atoms with Crippen molar-refractivity contribution in [1.82, 2.24) is 19.7 Å². The van der Waals surface area contributed by atoms with E-state index in [2.05, 4.69) is 30.7 Å². The molecule has 1 aromatic carbocycles. The van der Waals surface area contributed by atoms with E-state index in [0.29, 0.717) is 19.0 Å². The minimum absolute atomic E-state index is 0.382. The number of nitrogens with two attached hydrogens (primary N) is 1. The fourth-order valence-corrected chi connectivity index (χ4v) is 2.16. The lowest BCUT2D eigenvalue weighted by Gasteiger charge is -2.06. The fraction of sp³-hybridized carbons (Fsp3) is 0.200. The lowest BCUT2D eigenvalue weighted by atomic mass is 10.3. The highest BCUT2D eigenvalue weighted by atomic mass is 15.3. The van der Waals surface area contributed by atoms with Gasteiger partial charge in [-0.25, -0.2) is 9.97 Å². The van der Waals surface area contributed by atoms with Crippen molar-refractivity contribution in [2.24, 2.45) is 17.8 Å². The summed E-state index contributed by atoms with van der Waals surface area (Å²) in [5, 5.41) is 11.3. The second-order valence-corrected chi connectivity index (χ2v) is 4.91. The molecule has 23 heavy (non-hydrogen) atoms. The molecule has 0 amide bonds. The third-order valence-electron chi connectivity index (χ3n) is 3.26. The van der Waals surface area contributed by atoms with Gasteiger partial charge in [0.1, 0.15) is 12.1 Å². The van der Waals surface area contributed by atoms with Gasteiger partial charge in [0.05, 0.1) is 18.1 Å². The molecule has 0 bridgehead atoms. The smallest absolute Gasteiger partial charge is 0.193 e. The molecule has 0 radical (unpaired) electrons.